The van der Waals surface area contributed by atoms with Gasteiger partial charge in [-0.25, -0.2) is 9.55 Å². The van der Waals surface area contributed by atoms with E-state index in [1.165, 1.54) is 51.7 Å². The molecule has 0 radical (unpaired) electrons. The third-order valence-corrected chi connectivity index (χ3v) is 7.79. The molecule has 1 aliphatic rings. The number of hydrogen-bond donors (Lipinski definition) is 0. The summed E-state index contributed by atoms with van der Waals surface area (Å²) < 4.78 is 8.85. The van der Waals surface area contributed by atoms with E-state index in [0.29, 0.717) is 5.92 Å². The Morgan fingerprint density at radius 2 is 1.76 bits per heavy atom. The molecule has 3 heterocycles. The Morgan fingerprint density at radius 3 is 2.45 bits per heavy atom. The molecule has 0 bridgehead atoms. The summed E-state index contributed by atoms with van der Waals surface area (Å²) in [6.07, 6.45) is 7.47. The maximum Gasteiger partial charge on any atom is 0.227 e. The van der Waals surface area contributed by atoms with Gasteiger partial charge in [0.25, 0.3) is 0 Å². The highest BCUT2D eigenvalue weighted by molar-refractivity contribution is 6.12. The Kier molecular flexibility index (Phi) is 4.97. The number of rotatable bonds is 3. The minimum absolute atomic E-state index is 0.0840. The summed E-state index contributed by atoms with van der Waals surface area (Å²) in [5.41, 5.74) is 10.1. The third kappa shape index (κ3) is 3.39. The van der Waals surface area contributed by atoms with Crippen LogP contribution >= 0.6 is 0 Å². The Labute approximate surface area is 197 Å². The number of pyridine rings is 2. The van der Waals surface area contributed by atoms with Crippen molar-refractivity contribution in [3.8, 4) is 11.3 Å². The van der Waals surface area contributed by atoms with E-state index in [2.05, 4.69) is 89.5 Å². The molecule has 33 heavy (non-hydrogen) atoms. The van der Waals surface area contributed by atoms with E-state index in [4.69, 9.17) is 4.42 Å². The normalized spacial score (nSPS) is 17.1. The Balaban J connectivity index is 1.98. The smallest absolute Gasteiger partial charge is 0.227 e. The molecule has 4 aromatic rings. The Hall–Kier alpha value is -2.68. The molecular formula is C30H37N2O+. The summed E-state index contributed by atoms with van der Waals surface area (Å²) in [7, 11) is 2.15. The lowest BCUT2D eigenvalue weighted by Crippen LogP contribution is -2.36. The van der Waals surface area contributed by atoms with E-state index in [0.717, 1.165) is 23.1 Å². The molecule has 0 aliphatic heterocycles. The van der Waals surface area contributed by atoms with E-state index in [9.17, 15) is 0 Å². The minimum atomic E-state index is 0.0840. The van der Waals surface area contributed by atoms with Crippen LogP contribution in [-0.4, -0.2) is 4.98 Å². The zero-order valence-electron chi connectivity index (χ0n) is 21.5. The molecule has 0 unspecified atom stereocenters. The molecule has 0 saturated carbocycles. The standard InChI is InChI=1S/C30H37N2O/c1-18(2)16-20-11-15-32(8)22(17-20)23-19(3)25-26(30(6,7)13-12-29(25,4)5)24-21-10-9-14-31-28(21)33-27(23)24/h9-11,14-15,17-18H,12-13,16H2,1-8H3/q+1. The van der Waals surface area contributed by atoms with Crippen molar-refractivity contribution in [3.05, 3.63) is 58.9 Å². The molecule has 0 amide bonds. The van der Waals surface area contributed by atoms with Gasteiger partial charge in [0.2, 0.25) is 11.4 Å². The van der Waals surface area contributed by atoms with Crippen molar-refractivity contribution in [1.82, 2.24) is 4.98 Å². The van der Waals surface area contributed by atoms with Gasteiger partial charge >= 0.3 is 0 Å². The second kappa shape index (κ2) is 7.41. The van der Waals surface area contributed by atoms with Crippen LogP contribution in [0.15, 0.2) is 41.1 Å². The number of benzene rings is 1. The minimum Gasteiger partial charge on any atom is -0.437 e. The zero-order chi connectivity index (χ0) is 23.7. The summed E-state index contributed by atoms with van der Waals surface area (Å²) in [5.74, 6) is 0.616. The maximum atomic E-state index is 6.60. The topological polar surface area (TPSA) is 29.9 Å². The van der Waals surface area contributed by atoms with Gasteiger partial charge in [-0.3, -0.25) is 0 Å². The summed E-state index contributed by atoms with van der Waals surface area (Å²) in [6, 6.07) is 8.84. The van der Waals surface area contributed by atoms with Gasteiger partial charge in [0.05, 0.1) is 5.56 Å². The summed E-state index contributed by atoms with van der Waals surface area (Å²) in [4.78, 5) is 4.62. The van der Waals surface area contributed by atoms with Gasteiger partial charge < -0.3 is 4.42 Å². The fraction of sp³-hybridized carbons (Fsp3) is 0.467. The highest BCUT2D eigenvalue weighted by atomic mass is 16.3. The lowest BCUT2D eigenvalue weighted by molar-refractivity contribution is -0.660. The quantitative estimate of drug-likeness (QED) is 0.312. The van der Waals surface area contributed by atoms with Crippen LogP contribution in [0.1, 0.15) is 76.6 Å². The summed E-state index contributed by atoms with van der Waals surface area (Å²) >= 11 is 0. The first kappa shape index (κ1) is 22.1. The molecule has 3 nitrogen and oxygen atoms in total. The predicted octanol–water partition coefficient (Wildman–Crippen LogP) is 7.33. The Bertz CT molecular complexity index is 1390. The molecule has 0 N–H and O–H groups in total. The van der Waals surface area contributed by atoms with Gasteiger partial charge in [0.1, 0.15) is 7.05 Å². The molecule has 1 aromatic carbocycles. The third-order valence-electron chi connectivity index (χ3n) is 7.79. The average Bonchev–Trinajstić information content (AvgIpc) is 3.11. The number of furan rings is 1. The van der Waals surface area contributed by atoms with E-state index >= 15 is 0 Å². The van der Waals surface area contributed by atoms with Crippen molar-refractivity contribution in [3.63, 3.8) is 0 Å². The van der Waals surface area contributed by atoms with Crippen molar-refractivity contribution in [2.75, 3.05) is 0 Å². The van der Waals surface area contributed by atoms with Crippen LogP contribution in [0.4, 0.5) is 0 Å². The van der Waals surface area contributed by atoms with E-state index in [1.54, 1.807) is 0 Å². The predicted molar refractivity (Wildman–Crippen MR) is 137 cm³/mol. The second-order valence-corrected chi connectivity index (χ2v) is 11.8. The zero-order valence-corrected chi connectivity index (χ0v) is 21.5. The first-order valence-corrected chi connectivity index (χ1v) is 12.3. The van der Waals surface area contributed by atoms with Crippen LogP contribution in [0.25, 0.3) is 33.3 Å². The molecule has 1 aliphatic carbocycles. The van der Waals surface area contributed by atoms with Gasteiger partial charge in [0.15, 0.2) is 11.8 Å². The molecule has 0 saturated heterocycles. The second-order valence-electron chi connectivity index (χ2n) is 11.8. The van der Waals surface area contributed by atoms with Gasteiger partial charge in [-0.2, -0.15) is 0 Å². The van der Waals surface area contributed by atoms with Gasteiger partial charge in [-0.15, -0.1) is 0 Å². The first-order chi connectivity index (χ1) is 15.5. The molecule has 0 atom stereocenters. The fourth-order valence-corrected chi connectivity index (χ4v) is 6.13. The number of nitrogens with zero attached hydrogens (tertiary/aromatic N) is 2. The van der Waals surface area contributed by atoms with Crippen molar-refractivity contribution in [1.29, 1.82) is 0 Å². The molecule has 0 spiro atoms. The van der Waals surface area contributed by atoms with Crippen molar-refractivity contribution in [2.45, 2.75) is 78.6 Å². The van der Waals surface area contributed by atoms with E-state index in [-0.39, 0.29) is 10.8 Å². The van der Waals surface area contributed by atoms with Crippen LogP contribution in [0, 0.1) is 12.8 Å². The molecule has 3 aromatic heterocycles. The summed E-state index contributed by atoms with van der Waals surface area (Å²) in [6.45, 7) is 16.5. The van der Waals surface area contributed by atoms with Gasteiger partial charge in [-0.05, 0) is 77.3 Å². The lowest BCUT2D eigenvalue weighted by Gasteiger charge is -2.43. The van der Waals surface area contributed by atoms with Gasteiger partial charge in [0, 0.05) is 29.1 Å². The van der Waals surface area contributed by atoms with Crippen LogP contribution in [0.2, 0.25) is 0 Å². The highest BCUT2D eigenvalue weighted by Gasteiger charge is 2.42. The van der Waals surface area contributed by atoms with E-state index in [1.807, 2.05) is 12.3 Å². The Morgan fingerprint density at radius 1 is 1.06 bits per heavy atom. The monoisotopic (exact) mass is 441 g/mol. The molecule has 0 fully saturated rings. The molecule has 3 heteroatoms. The van der Waals surface area contributed by atoms with Crippen LogP contribution in [0.5, 0.6) is 0 Å². The van der Waals surface area contributed by atoms with E-state index < -0.39 is 0 Å². The highest BCUT2D eigenvalue weighted by Crippen LogP contribution is 2.54. The number of hydrogen-bond acceptors (Lipinski definition) is 2. The van der Waals surface area contributed by atoms with Crippen LogP contribution < -0.4 is 4.57 Å². The van der Waals surface area contributed by atoms with Crippen molar-refractivity contribution < 1.29 is 8.98 Å². The lowest BCUT2D eigenvalue weighted by atomic mass is 9.60. The summed E-state index contributed by atoms with van der Waals surface area (Å²) in [5, 5.41) is 2.40. The van der Waals surface area contributed by atoms with Crippen LogP contribution in [-0.2, 0) is 24.3 Å². The van der Waals surface area contributed by atoms with Gasteiger partial charge in [-0.1, -0.05) is 41.5 Å². The average molecular weight is 442 g/mol. The van der Waals surface area contributed by atoms with Crippen molar-refractivity contribution in [2.24, 2.45) is 13.0 Å². The molecular weight excluding hydrogens is 404 g/mol. The molecule has 172 valence electrons. The SMILES string of the molecule is Cc1c2c(c3c(oc4ncccc43)c1-c1cc(CC(C)C)cc[n+]1C)C(C)(C)CCC2(C)C. The first-order valence-electron chi connectivity index (χ1n) is 12.3. The number of fused-ring (bicyclic) bond motifs is 5. The number of aryl methyl sites for hydroxylation is 1. The largest absolute Gasteiger partial charge is 0.437 e. The molecule has 5 rings (SSSR count). The maximum absolute atomic E-state index is 6.60. The van der Waals surface area contributed by atoms with Crippen molar-refractivity contribution >= 4 is 22.1 Å². The van der Waals surface area contributed by atoms with Crippen LogP contribution in [0.3, 0.4) is 0 Å². The number of aromatic nitrogens is 2. The fourth-order valence-electron chi connectivity index (χ4n) is 6.13.